The van der Waals surface area contributed by atoms with Crippen molar-refractivity contribution in [2.75, 3.05) is 5.32 Å². The van der Waals surface area contributed by atoms with Gasteiger partial charge in [-0.1, -0.05) is 60.3 Å². The minimum atomic E-state index is 0.0942. The van der Waals surface area contributed by atoms with Gasteiger partial charge in [0.05, 0.1) is 5.69 Å². The fourth-order valence-corrected chi connectivity index (χ4v) is 3.31. The Balaban J connectivity index is 2.09. The van der Waals surface area contributed by atoms with Crippen molar-refractivity contribution in [2.24, 2.45) is 11.7 Å². The molecule has 5 heteroatoms. The summed E-state index contributed by atoms with van der Waals surface area (Å²) < 4.78 is 0.897. The lowest BCUT2D eigenvalue weighted by Crippen LogP contribution is -2.25. The molecule has 2 rings (SSSR count). The standard InChI is InChI=1S/C16H21BrN2OS/c17-12-8-9-14(13(10-12)15(18)21)19-16(20)11-6-4-2-1-3-5-7-11/h8-11H,1-7H2,(H2,18,21)(H,19,20). The van der Waals surface area contributed by atoms with Crippen molar-refractivity contribution >= 4 is 44.7 Å². The van der Waals surface area contributed by atoms with Gasteiger partial charge in [0.1, 0.15) is 4.99 Å². The van der Waals surface area contributed by atoms with Gasteiger partial charge in [-0.2, -0.15) is 0 Å². The topological polar surface area (TPSA) is 55.1 Å². The number of nitrogens with two attached hydrogens (primary N) is 1. The molecule has 0 aromatic heterocycles. The SMILES string of the molecule is NC(=S)c1cc(Br)ccc1NC(=O)C1CCCCCCC1. The molecule has 1 aliphatic rings. The third kappa shape index (κ3) is 4.78. The van der Waals surface area contributed by atoms with Gasteiger partial charge in [0.25, 0.3) is 0 Å². The lowest BCUT2D eigenvalue weighted by Gasteiger charge is -2.20. The van der Waals surface area contributed by atoms with Crippen molar-refractivity contribution in [3.05, 3.63) is 28.2 Å². The molecule has 1 aromatic carbocycles. The summed E-state index contributed by atoms with van der Waals surface area (Å²) in [4.78, 5) is 12.8. The minimum absolute atomic E-state index is 0.0942. The summed E-state index contributed by atoms with van der Waals surface area (Å²) in [5, 5.41) is 3.01. The summed E-state index contributed by atoms with van der Waals surface area (Å²) in [7, 11) is 0. The van der Waals surface area contributed by atoms with E-state index in [1.807, 2.05) is 18.2 Å². The number of halogens is 1. The van der Waals surface area contributed by atoms with Gasteiger partial charge in [-0.25, -0.2) is 0 Å². The largest absolute Gasteiger partial charge is 0.389 e. The smallest absolute Gasteiger partial charge is 0.227 e. The molecule has 0 aliphatic heterocycles. The molecule has 1 fully saturated rings. The van der Waals surface area contributed by atoms with Gasteiger partial charge < -0.3 is 11.1 Å². The Bertz CT molecular complexity index is 525. The maximum atomic E-state index is 12.5. The van der Waals surface area contributed by atoms with E-state index in [0.29, 0.717) is 16.2 Å². The molecule has 0 radical (unpaired) electrons. The van der Waals surface area contributed by atoms with Gasteiger partial charge in [0, 0.05) is 16.0 Å². The lowest BCUT2D eigenvalue weighted by molar-refractivity contribution is -0.120. The fraction of sp³-hybridized carbons (Fsp3) is 0.500. The number of thiocarbonyl (C=S) groups is 1. The van der Waals surface area contributed by atoms with Crippen LogP contribution in [-0.4, -0.2) is 10.9 Å². The van der Waals surface area contributed by atoms with Crippen LogP contribution in [0.25, 0.3) is 0 Å². The quantitative estimate of drug-likeness (QED) is 0.778. The van der Waals surface area contributed by atoms with Gasteiger partial charge in [-0.15, -0.1) is 0 Å². The van der Waals surface area contributed by atoms with Crippen molar-refractivity contribution in [3.8, 4) is 0 Å². The summed E-state index contributed by atoms with van der Waals surface area (Å²) in [6.45, 7) is 0. The number of nitrogens with one attached hydrogen (secondary N) is 1. The lowest BCUT2D eigenvalue weighted by atomic mass is 9.90. The van der Waals surface area contributed by atoms with Gasteiger partial charge in [0.2, 0.25) is 5.91 Å². The van der Waals surface area contributed by atoms with E-state index in [4.69, 9.17) is 18.0 Å². The van der Waals surface area contributed by atoms with Crippen LogP contribution in [-0.2, 0) is 4.79 Å². The molecule has 3 nitrogen and oxygen atoms in total. The number of hydrogen-bond acceptors (Lipinski definition) is 2. The highest BCUT2D eigenvalue weighted by atomic mass is 79.9. The van der Waals surface area contributed by atoms with E-state index < -0.39 is 0 Å². The van der Waals surface area contributed by atoms with E-state index in [2.05, 4.69) is 21.2 Å². The minimum Gasteiger partial charge on any atom is -0.389 e. The Kier molecular flexibility index (Phi) is 6.18. The molecule has 0 saturated heterocycles. The fourth-order valence-electron chi connectivity index (χ4n) is 2.78. The van der Waals surface area contributed by atoms with Crippen LogP contribution in [0, 0.1) is 5.92 Å². The Morgan fingerprint density at radius 2 is 1.81 bits per heavy atom. The second-order valence-electron chi connectivity index (χ2n) is 5.59. The van der Waals surface area contributed by atoms with Gasteiger partial charge in [0.15, 0.2) is 0 Å². The van der Waals surface area contributed by atoms with Crippen LogP contribution in [0.3, 0.4) is 0 Å². The maximum absolute atomic E-state index is 12.5. The van der Waals surface area contributed by atoms with Crippen LogP contribution >= 0.6 is 28.1 Å². The monoisotopic (exact) mass is 368 g/mol. The Morgan fingerprint density at radius 1 is 1.19 bits per heavy atom. The summed E-state index contributed by atoms with van der Waals surface area (Å²) >= 11 is 8.46. The Hall–Kier alpha value is -0.940. The van der Waals surface area contributed by atoms with E-state index >= 15 is 0 Å². The van der Waals surface area contributed by atoms with E-state index in [1.165, 1.54) is 19.3 Å². The first-order valence-electron chi connectivity index (χ1n) is 7.48. The van der Waals surface area contributed by atoms with E-state index in [9.17, 15) is 4.79 Å². The summed E-state index contributed by atoms with van der Waals surface area (Å²) in [5.41, 5.74) is 7.16. The van der Waals surface area contributed by atoms with Crippen molar-refractivity contribution in [1.82, 2.24) is 0 Å². The molecule has 0 atom stereocenters. The number of hydrogen-bond donors (Lipinski definition) is 2. The molecule has 1 aromatic rings. The second kappa shape index (κ2) is 7.90. The van der Waals surface area contributed by atoms with Crippen LogP contribution in [0.15, 0.2) is 22.7 Å². The number of rotatable bonds is 3. The predicted molar refractivity (Wildman–Crippen MR) is 94.5 cm³/mol. The van der Waals surface area contributed by atoms with E-state index in [-0.39, 0.29) is 11.8 Å². The van der Waals surface area contributed by atoms with Crippen molar-refractivity contribution in [2.45, 2.75) is 44.9 Å². The van der Waals surface area contributed by atoms with Crippen LogP contribution in [0.5, 0.6) is 0 Å². The molecule has 21 heavy (non-hydrogen) atoms. The summed E-state index contributed by atoms with van der Waals surface area (Å²) in [5.74, 6) is 0.199. The van der Waals surface area contributed by atoms with E-state index in [1.54, 1.807) is 0 Å². The first-order chi connectivity index (χ1) is 10.1. The number of carbonyl (C=O) groups is 1. The number of carbonyl (C=O) groups excluding carboxylic acids is 1. The number of anilines is 1. The molecule has 0 spiro atoms. The van der Waals surface area contributed by atoms with Crippen LogP contribution < -0.4 is 11.1 Å². The first-order valence-corrected chi connectivity index (χ1v) is 8.68. The van der Waals surface area contributed by atoms with Crippen LogP contribution in [0.4, 0.5) is 5.69 Å². The summed E-state index contributed by atoms with van der Waals surface area (Å²) in [6, 6.07) is 5.57. The summed E-state index contributed by atoms with van der Waals surface area (Å²) in [6.07, 6.45) is 8.00. The molecular weight excluding hydrogens is 348 g/mol. The highest BCUT2D eigenvalue weighted by molar-refractivity contribution is 9.10. The van der Waals surface area contributed by atoms with Crippen molar-refractivity contribution in [3.63, 3.8) is 0 Å². The molecule has 0 unspecified atom stereocenters. The Morgan fingerprint density at radius 3 is 2.43 bits per heavy atom. The van der Waals surface area contributed by atoms with Crippen molar-refractivity contribution < 1.29 is 4.79 Å². The molecule has 1 aliphatic carbocycles. The maximum Gasteiger partial charge on any atom is 0.227 e. The Labute approximate surface area is 139 Å². The average molecular weight is 369 g/mol. The zero-order valence-electron chi connectivity index (χ0n) is 12.0. The molecule has 1 saturated carbocycles. The first kappa shape index (κ1) is 16.4. The second-order valence-corrected chi connectivity index (χ2v) is 6.94. The van der Waals surface area contributed by atoms with Gasteiger partial charge >= 0.3 is 0 Å². The molecule has 114 valence electrons. The third-order valence-electron chi connectivity index (χ3n) is 3.98. The molecular formula is C16H21BrN2OS. The average Bonchev–Trinajstić information content (AvgIpc) is 2.40. The molecule has 3 N–H and O–H groups in total. The van der Waals surface area contributed by atoms with Crippen molar-refractivity contribution in [1.29, 1.82) is 0 Å². The number of amides is 1. The molecule has 1 amide bonds. The predicted octanol–water partition coefficient (Wildman–Crippen LogP) is 4.38. The highest BCUT2D eigenvalue weighted by Gasteiger charge is 2.20. The highest BCUT2D eigenvalue weighted by Crippen LogP contribution is 2.26. The van der Waals surface area contributed by atoms with Gasteiger partial charge in [-0.05, 0) is 31.0 Å². The van der Waals surface area contributed by atoms with E-state index in [0.717, 1.165) is 30.2 Å². The zero-order chi connectivity index (χ0) is 15.2. The van der Waals surface area contributed by atoms with Crippen LogP contribution in [0.1, 0.15) is 50.5 Å². The third-order valence-corrected chi connectivity index (χ3v) is 4.69. The molecule has 0 bridgehead atoms. The zero-order valence-corrected chi connectivity index (χ0v) is 14.4. The normalized spacial score (nSPS) is 16.8. The van der Waals surface area contributed by atoms with Gasteiger partial charge in [-0.3, -0.25) is 4.79 Å². The molecule has 0 heterocycles. The number of benzene rings is 1. The van der Waals surface area contributed by atoms with Crippen LogP contribution in [0.2, 0.25) is 0 Å².